The quantitative estimate of drug-likeness (QED) is 0.713. The van der Waals surface area contributed by atoms with E-state index in [1.807, 2.05) is 0 Å². The van der Waals surface area contributed by atoms with Crippen molar-refractivity contribution in [1.82, 2.24) is 4.90 Å². The molecule has 0 saturated heterocycles. The molecule has 0 fully saturated rings. The van der Waals surface area contributed by atoms with E-state index < -0.39 is 0 Å². The first kappa shape index (κ1) is 12.6. The van der Waals surface area contributed by atoms with Crippen LogP contribution in [0.3, 0.4) is 0 Å². The van der Waals surface area contributed by atoms with Crippen molar-refractivity contribution in [3.8, 4) is 0 Å². The summed E-state index contributed by atoms with van der Waals surface area (Å²) < 4.78 is 0. The fourth-order valence-corrected chi connectivity index (χ4v) is 2.49. The van der Waals surface area contributed by atoms with Crippen LogP contribution in [0.5, 0.6) is 0 Å². The van der Waals surface area contributed by atoms with E-state index in [-0.39, 0.29) is 5.41 Å². The van der Waals surface area contributed by atoms with Crippen LogP contribution in [0.15, 0.2) is 28.4 Å². The third-order valence-corrected chi connectivity index (χ3v) is 4.36. The Kier molecular flexibility index (Phi) is 3.53. The zero-order chi connectivity index (χ0) is 12.5. The number of aliphatic imine (C=N–C) groups is 1. The molecule has 2 rings (SSSR count). The molecule has 0 bridgehead atoms. The molecule has 2 aliphatic heterocycles. The summed E-state index contributed by atoms with van der Waals surface area (Å²) in [6.45, 7) is 9.03. The minimum Gasteiger partial charge on any atom is -0.302 e. The molecular weight excluding hydrogens is 208 g/mol. The van der Waals surface area contributed by atoms with Gasteiger partial charge in [-0.15, -0.1) is 0 Å². The summed E-state index contributed by atoms with van der Waals surface area (Å²) in [6.07, 6.45) is 9.11. The van der Waals surface area contributed by atoms with Crippen LogP contribution in [0, 0.1) is 11.3 Å². The summed E-state index contributed by atoms with van der Waals surface area (Å²) in [5.74, 6) is 0.640. The number of hydrogen-bond acceptors (Lipinski definition) is 2. The van der Waals surface area contributed by atoms with Crippen molar-refractivity contribution < 1.29 is 0 Å². The van der Waals surface area contributed by atoms with Crippen LogP contribution in [0.1, 0.15) is 33.6 Å². The Hall–Kier alpha value is -0.890. The zero-order valence-corrected chi connectivity index (χ0v) is 11.5. The van der Waals surface area contributed by atoms with Gasteiger partial charge in [0.25, 0.3) is 0 Å². The Morgan fingerprint density at radius 1 is 1.53 bits per heavy atom. The first-order valence-electron chi connectivity index (χ1n) is 6.70. The molecular formula is C15H24N2. The van der Waals surface area contributed by atoms with Gasteiger partial charge in [-0.3, -0.25) is 4.99 Å². The number of hydrogen-bond donors (Lipinski definition) is 0. The van der Waals surface area contributed by atoms with Gasteiger partial charge in [0.05, 0.1) is 0 Å². The standard InChI is InChI=1S/C15H24N2/c1-5-12(2)15(3)8-6-13-10-17(4)9-7-14(13)16-11-15/h6,8,11-12H,5,7,9-10H2,1-4H3. The molecule has 0 spiro atoms. The fraction of sp³-hybridized carbons (Fsp3) is 0.667. The average molecular weight is 232 g/mol. The van der Waals surface area contributed by atoms with Crippen LogP contribution in [0.25, 0.3) is 0 Å². The molecule has 17 heavy (non-hydrogen) atoms. The molecule has 0 aromatic heterocycles. The van der Waals surface area contributed by atoms with E-state index in [1.165, 1.54) is 17.7 Å². The Bertz CT molecular complexity index is 378. The highest BCUT2D eigenvalue weighted by molar-refractivity contribution is 5.71. The van der Waals surface area contributed by atoms with Crippen LogP contribution >= 0.6 is 0 Å². The third-order valence-electron chi connectivity index (χ3n) is 4.36. The molecule has 0 radical (unpaired) electrons. The number of rotatable bonds is 2. The van der Waals surface area contributed by atoms with E-state index >= 15 is 0 Å². The van der Waals surface area contributed by atoms with Crippen molar-refractivity contribution >= 4 is 6.21 Å². The van der Waals surface area contributed by atoms with E-state index in [4.69, 9.17) is 4.99 Å². The molecule has 0 saturated carbocycles. The van der Waals surface area contributed by atoms with E-state index in [9.17, 15) is 0 Å². The first-order valence-corrected chi connectivity index (χ1v) is 6.70. The van der Waals surface area contributed by atoms with Crippen molar-refractivity contribution in [2.24, 2.45) is 16.3 Å². The largest absolute Gasteiger partial charge is 0.302 e. The van der Waals surface area contributed by atoms with Crippen LogP contribution in [0.2, 0.25) is 0 Å². The lowest BCUT2D eigenvalue weighted by Gasteiger charge is -2.27. The number of likely N-dealkylation sites (N-methyl/N-ethyl adjacent to an activating group) is 1. The minimum atomic E-state index is 0.116. The van der Waals surface area contributed by atoms with Crippen molar-refractivity contribution in [1.29, 1.82) is 0 Å². The maximum Gasteiger partial charge on any atom is 0.0457 e. The van der Waals surface area contributed by atoms with Gasteiger partial charge in [0, 0.05) is 36.8 Å². The lowest BCUT2D eigenvalue weighted by molar-refractivity contribution is 0.351. The molecule has 0 aromatic carbocycles. The molecule has 94 valence electrons. The van der Waals surface area contributed by atoms with Crippen LogP contribution in [0.4, 0.5) is 0 Å². The highest BCUT2D eigenvalue weighted by Gasteiger charge is 2.27. The molecule has 2 atom stereocenters. The van der Waals surface area contributed by atoms with E-state index in [0.717, 1.165) is 19.5 Å². The summed E-state index contributed by atoms with van der Waals surface area (Å²) >= 11 is 0. The summed E-state index contributed by atoms with van der Waals surface area (Å²) in [4.78, 5) is 7.13. The van der Waals surface area contributed by atoms with Gasteiger partial charge in [0.1, 0.15) is 0 Å². The van der Waals surface area contributed by atoms with Crippen LogP contribution in [-0.4, -0.2) is 31.3 Å². The normalized spacial score (nSPS) is 31.3. The van der Waals surface area contributed by atoms with Crippen molar-refractivity contribution in [3.05, 3.63) is 23.4 Å². The predicted molar refractivity (Wildman–Crippen MR) is 74.3 cm³/mol. The van der Waals surface area contributed by atoms with Gasteiger partial charge in [-0.2, -0.15) is 0 Å². The second kappa shape index (κ2) is 4.77. The molecule has 0 amide bonds. The Morgan fingerprint density at radius 3 is 3.00 bits per heavy atom. The summed E-state index contributed by atoms with van der Waals surface area (Å²) in [5, 5.41) is 0. The van der Waals surface area contributed by atoms with Gasteiger partial charge in [0.15, 0.2) is 0 Å². The summed E-state index contributed by atoms with van der Waals surface area (Å²) in [7, 11) is 2.18. The molecule has 2 heteroatoms. The van der Waals surface area contributed by atoms with Crippen molar-refractivity contribution in [3.63, 3.8) is 0 Å². The smallest absolute Gasteiger partial charge is 0.0457 e. The van der Waals surface area contributed by atoms with E-state index in [0.29, 0.717) is 5.92 Å². The highest BCUT2D eigenvalue weighted by atomic mass is 15.1. The van der Waals surface area contributed by atoms with Crippen molar-refractivity contribution in [2.45, 2.75) is 33.6 Å². The molecule has 0 aromatic rings. The van der Waals surface area contributed by atoms with Crippen LogP contribution in [-0.2, 0) is 0 Å². The maximum atomic E-state index is 4.77. The monoisotopic (exact) mass is 232 g/mol. The summed E-state index contributed by atoms with van der Waals surface area (Å²) in [5.41, 5.74) is 2.82. The molecule has 2 nitrogen and oxygen atoms in total. The SMILES string of the molecule is CCC(C)C1(C)C=CC2=C(CCN(C)C2)N=C1. The van der Waals surface area contributed by atoms with Gasteiger partial charge in [0.2, 0.25) is 0 Å². The fourth-order valence-electron chi connectivity index (χ4n) is 2.49. The maximum absolute atomic E-state index is 4.77. The topological polar surface area (TPSA) is 15.6 Å². The van der Waals surface area contributed by atoms with E-state index in [1.54, 1.807) is 0 Å². The third kappa shape index (κ3) is 2.52. The highest BCUT2D eigenvalue weighted by Crippen LogP contribution is 2.33. The first-order chi connectivity index (χ1) is 8.05. The summed E-state index contributed by atoms with van der Waals surface area (Å²) in [6, 6.07) is 0. The average Bonchev–Trinajstić information content (AvgIpc) is 2.49. The van der Waals surface area contributed by atoms with Gasteiger partial charge in [-0.1, -0.05) is 39.3 Å². The Morgan fingerprint density at radius 2 is 2.29 bits per heavy atom. The Balaban J connectivity index is 2.26. The van der Waals surface area contributed by atoms with E-state index in [2.05, 4.69) is 51.1 Å². The molecule has 2 unspecified atom stereocenters. The number of nitrogens with zero attached hydrogens (tertiary/aromatic N) is 2. The second-order valence-electron chi connectivity index (χ2n) is 5.73. The zero-order valence-electron chi connectivity index (χ0n) is 11.5. The van der Waals surface area contributed by atoms with Gasteiger partial charge in [-0.05, 0) is 18.5 Å². The Labute approximate surface area is 105 Å². The molecule has 0 N–H and O–H groups in total. The molecule has 0 aliphatic carbocycles. The molecule has 2 aliphatic rings. The van der Waals surface area contributed by atoms with Crippen LogP contribution < -0.4 is 0 Å². The van der Waals surface area contributed by atoms with Gasteiger partial charge < -0.3 is 4.90 Å². The van der Waals surface area contributed by atoms with Gasteiger partial charge >= 0.3 is 0 Å². The minimum absolute atomic E-state index is 0.116. The van der Waals surface area contributed by atoms with Crippen molar-refractivity contribution in [2.75, 3.05) is 20.1 Å². The lowest BCUT2D eigenvalue weighted by Crippen LogP contribution is -2.26. The molecule has 2 heterocycles. The lowest BCUT2D eigenvalue weighted by atomic mass is 9.77. The second-order valence-corrected chi connectivity index (χ2v) is 5.73. The van der Waals surface area contributed by atoms with Gasteiger partial charge in [-0.25, -0.2) is 0 Å². The number of allylic oxidation sites excluding steroid dienone is 1. The predicted octanol–water partition coefficient (Wildman–Crippen LogP) is 3.27.